The minimum absolute atomic E-state index is 0.0855. The lowest BCUT2D eigenvalue weighted by Crippen LogP contribution is -1.95. The highest BCUT2D eigenvalue weighted by Gasteiger charge is 2.17. The second kappa shape index (κ2) is 4.21. The molecule has 0 amide bonds. The maximum absolute atomic E-state index is 11.2. The summed E-state index contributed by atoms with van der Waals surface area (Å²) in [6.45, 7) is 0. The van der Waals surface area contributed by atoms with E-state index in [1.807, 2.05) is 30.3 Å². The topological polar surface area (TPSA) is 76.5 Å². The molecule has 0 unspecified atom stereocenters. The number of furan rings is 1. The number of fused-ring (bicyclic) bond motifs is 2. The summed E-state index contributed by atoms with van der Waals surface area (Å²) in [5.74, 6) is -0.299. The van der Waals surface area contributed by atoms with Crippen LogP contribution in [0.25, 0.3) is 33.7 Å². The second-order valence-corrected chi connectivity index (χ2v) is 4.63. The van der Waals surface area contributed by atoms with E-state index >= 15 is 0 Å². The molecule has 2 aromatic carbocycles. The zero-order chi connectivity index (χ0) is 14.4. The van der Waals surface area contributed by atoms with Crippen LogP contribution in [0, 0.1) is 0 Å². The molecule has 0 saturated heterocycles. The maximum Gasteiger partial charge on any atom is 0.339 e. The fourth-order valence-corrected chi connectivity index (χ4v) is 2.31. The molecule has 0 bridgehead atoms. The van der Waals surface area contributed by atoms with E-state index < -0.39 is 5.97 Å². The number of benzene rings is 2. The van der Waals surface area contributed by atoms with Crippen LogP contribution in [0.5, 0.6) is 0 Å². The summed E-state index contributed by atoms with van der Waals surface area (Å²) < 4.78 is 11.3. The molecule has 2 aromatic heterocycles. The quantitative estimate of drug-likeness (QED) is 0.601. The predicted molar refractivity (Wildman–Crippen MR) is 76.2 cm³/mol. The first kappa shape index (κ1) is 11.7. The summed E-state index contributed by atoms with van der Waals surface area (Å²) in [5, 5.41) is 10.1. The van der Waals surface area contributed by atoms with Crippen molar-refractivity contribution < 1.29 is 18.7 Å². The number of para-hydroxylation sites is 2. The van der Waals surface area contributed by atoms with E-state index in [0.29, 0.717) is 11.3 Å². The van der Waals surface area contributed by atoms with Crippen LogP contribution in [0.3, 0.4) is 0 Å². The van der Waals surface area contributed by atoms with E-state index in [1.165, 1.54) is 6.07 Å². The monoisotopic (exact) mass is 279 g/mol. The minimum atomic E-state index is -1.05. The number of carboxylic acids is 1. The third kappa shape index (κ3) is 1.79. The molecule has 1 N–H and O–H groups in total. The van der Waals surface area contributed by atoms with E-state index in [2.05, 4.69) is 4.98 Å². The summed E-state index contributed by atoms with van der Waals surface area (Å²) in [6.07, 6.45) is 0. The van der Waals surface area contributed by atoms with Gasteiger partial charge in [0.2, 0.25) is 0 Å². The second-order valence-electron chi connectivity index (χ2n) is 4.63. The number of aromatic carboxylic acids is 1. The average molecular weight is 279 g/mol. The Morgan fingerprint density at radius 1 is 1.05 bits per heavy atom. The van der Waals surface area contributed by atoms with Gasteiger partial charge in [-0.3, -0.25) is 0 Å². The van der Waals surface area contributed by atoms with Gasteiger partial charge in [-0.25, -0.2) is 9.78 Å². The largest absolute Gasteiger partial charge is 0.478 e. The van der Waals surface area contributed by atoms with Crippen LogP contribution in [-0.2, 0) is 0 Å². The molecule has 0 atom stereocenters. The van der Waals surface area contributed by atoms with Crippen molar-refractivity contribution >= 4 is 28.0 Å². The van der Waals surface area contributed by atoms with Crippen molar-refractivity contribution in [2.24, 2.45) is 0 Å². The van der Waals surface area contributed by atoms with Gasteiger partial charge in [0.1, 0.15) is 16.7 Å². The number of hydrogen-bond acceptors (Lipinski definition) is 4. The highest BCUT2D eigenvalue weighted by Crippen LogP contribution is 2.30. The number of nitrogens with zero attached hydrogens (tertiary/aromatic N) is 1. The Morgan fingerprint density at radius 3 is 2.71 bits per heavy atom. The number of aromatic nitrogens is 1. The molecule has 4 rings (SSSR count). The lowest BCUT2D eigenvalue weighted by Gasteiger charge is -1.92. The molecule has 5 heteroatoms. The van der Waals surface area contributed by atoms with Crippen molar-refractivity contribution in [1.82, 2.24) is 4.98 Å². The van der Waals surface area contributed by atoms with Crippen molar-refractivity contribution in [2.75, 3.05) is 0 Å². The molecular weight excluding hydrogens is 270 g/mol. The van der Waals surface area contributed by atoms with Gasteiger partial charge in [0.25, 0.3) is 5.89 Å². The van der Waals surface area contributed by atoms with Crippen molar-refractivity contribution in [3.05, 3.63) is 54.1 Å². The van der Waals surface area contributed by atoms with E-state index in [9.17, 15) is 4.79 Å². The van der Waals surface area contributed by atoms with Gasteiger partial charge in [0.15, 0.2) is 11.3 Å². The summed E-state index contributed by atoms with van der Waals surface area (Å²) in [5.41, 5.74) is 1.56. The van der Waals surface area contributed by atoms with Gasteiger partial charge in [-0.1, -0.05) is 24.3 Å². The van der Waals surface area contributed by atoms with Crippen molar-refractivity contribution in [2.45, 2.75) is 0 Å². The lowest BCUT2D eigenvalue weighted by molar-refractivity contribution is 0.0698. The number of hydrogen-bond donors (Lipinski definition) is 1. The molecule has 0 aliphatic carbocycles. The molecule has 0 aliphatic rings. The first-order valence-corrected chi connectivity index (χ1v) is 6.34. The summed E-state index contributed by atoms with van der Waals surface area (Å²) in [4.78, 5) is 15.5. The Labute approximate surface area is 118 Å². The highest BCUT2D eigenvalue weighted by atomic mass is 16.4. The van der Waals surface area contributed by atoms with E-state index in [-0.39, 0.29) is 17.0 Å². The molecule has 2 heterocycles. The average Bonchev–Trinajstić information content (AvgIpc) is 3.09. The van der Waals surface area contributed by atoms with Gasteiger partial charge in [-0.05, 0) is 24.3 Å². The zero-order valence-corrected chi connectivity index (χ0v) is 10.7. The third-order valence-electron chi connectivity index (χ3n) is 3.28. The summed E-state index contributed by atoms with van der Waals surface area (Å²) >= 11 is 0. The number of rotatable bonds is 2. The van der Waals surface area contributed by atoms with Crippen molar-refractivity contribution in [3.63, 3.8) is 0 Å². The molecule has 102 valence electrons. The normalized spacial score (nSPS) is 11.2. The molecule has 4 aromatic rings. The first-order chi connectivity index (χ1) is 10.2. The fourth-order valence-electron chi connectivity index (χ4n) is 2.31. The fraction of sp³-hybridized carbons (Fsp3) is 0. The smallest absolute Gasteiger partial charge is 0.339 e. The van der Waals surface area contributed by atoms with Gasteiger partial charge < -0.3 is 13.9 Å². The molecule has 21 heavy (non-hydrogen) atoms. The Bertz CT molecular complexity index is 947. The van der Waals surface area contributed by atoms with E-state index in [4.69, 9.17) is 13.9 Å². The van der Waals surface area contributed by atoms with Gasteiger partial charge in [0, 0.05) is 5.39 Å². The van der Waals surface area contributed by atoms with Gasteiger partial charge in [0.05, 0.1) is 0 Å². The third-order valence-corrected chi connectivity index (χ3v) is 3.28. The molecule has 0 fully saturated rings. The van der Waals surface area contributed by atoms with Crippen LogP contribution < -0.4 is 0 Å². The molecule has 5 nitrogen and oxygen atoms in total. The zero-order valence-electron chi connectivity index (χ0n) is 10.7. The standard InChI is InChI=1S/C16H9NO4/c18-16(19)10-5-3-6-11-14(10)21-15(17-11)13-8-9-4-1-2-7-12(9)20-13/h1-8H,(H,18,19). The van der Waals surface area contributed by atoms with Crippen LogP contribution in [0.1, 0.15) is 10.4 Å². The Kier molecular flexibility index (Phi) is 2.35. The Balaban J connectivity index is 1.94. The van der Waals surface area contributed by atoms with E-state index in [0.717, 1.165) is 11.0 Å². The predicted octanol–water partition coefficient (Wildman–Crippen LogP) is 3.94. The molecule has 0 radical (unpaired) electrons. The van der Waals surface area contributed by atoms with Crippen molar-refractivity contribution in [3.8, 4) is 11.7 Å². The Hall–Kier alpha value is -3.08. The number of carbonyl (C=O) groups is 1. The maximum atomic E-state index is 11.2. The summed E-state index contributed by atoms with van der Waals surface area (Å²) in [7, 11) is 0. The van der Waals surface area contributed by atoms with Gasteiger partial charge in [-0.2, -0.15) is 0 Å². The molecule has 0 saturated carbocycles. The minimum Gasteiger partial charge on any atom is -0.478 e. The van der Waals surface area contributed by atoms with Gasteiger partial charge in [-0.15, -0.1) is 0 Å². The lowest BCUT2D eigenvalue weighted by atomic mass is 10.2. The van der Waals surface area contributed by atoms with Gasteiger partial charge >= 0.3 is 5.97 Å². The number of carboxylic acid groups (broad SMARTS) is 1. The van der Waals surface area contributed by atoms with Crippen LogP contribution in [0.15, 0.2) is 57.4 Å². The number of oxazole rings is 1. The van der Waals surface area contributed by atoms with Crippen LogP contribution in [0.4, 0.5) is 0 Å². The highest BCUT2D eigenvalue weighted by molar-refractivity contribution is 6.00. The van der Waals surface area contributed by atoms with Crippen molar-refractivity contribution in [1.29, 1.82) is 0 Å². The Morgan fingerprint density at radius 2 is 1.90 bits per heavy atom. The van der Waals surface area contributed by atoms with Crippen LogP contribution >= 0.6 is 0 Å². The van der Waals surface area contributed by atoms with Crippen LogP contribution in [0.2, 0.25) is 0 Å². The van der Waals surface area contributed by atoms with E-state index in [1.54, 1.807) is 12.1 Å². The molecule has 0 aliphatic heterocycles. The first-order valence-electron chi connectivity index (χ1n) is 6.34. The molecular formula is C16H9NO4. The van der Waals surface area contributed by atoms with Crippen LogP contribution in [-0.4, -0.2) is 16.1 Å². The molecule has 0 spiro atoms. The summed E-state index contributed by atoms with van der Waals surface area (Å²) in [6, 6.07) is 14.2. The SMILES string of the molecule is O=C(O)c1cccc2nc(-c3cc4ccccc4o3)oc12.